The van der Waals surface area contributed by atoms with Crippen molar-refractivity contribution in [2.45, 2.75) is 52.2 Å². The number of halogens is 1. The normalized spacial score (nSPS) is 20.0. The Morgan fingerprint density at radius 2 is 1.76 bits per heavy atom. The van der Waals surface area contributed by atoms with Crippen molar-refractivity contribution in [1.29, 1.82) is 0 Å². The number of aliphatic hydroxyl groups excluding tert-OH is 2. The smallest absolute Gasteiger partial charge is 0.410 e. The van der Waals surface area contributed by atoms with Gasteiger partial charge in [-0.1, -0.05) is 31.6 Å². The monoisotopic (exact) mass is 631 g/mol. The number of rotatable bonds is 16. The molecule has 2 saturated heterocycles. The Labute approximate surface area is 266 Å². The highest BCUT2D eigenvalue weighted by molar-refractivity contribution is 5.68. The maximum atomic E-state index is 14.7. The molecule has 0 aliphatic carbocycles. The number of ether oxygens (including phenoxy) is 2. The highest BCUT2D eigenvalue weighted by atomic mass is 19.1. The Balaban J connectivity index is 1.73. The van der Waals surface area contributed by atoms with Gasteiger partial charge in [0.15, 0.2) is 0 Å². The van der Waals surface area contributed by atoms with E-state index in [1.54, 1.807) is 11.0 Å². The summed E-state index contributed by atoms with van der Waals surface area (Å²) in [5.74, 6) is -1.24. The summed E-state index contributed by atoms with van der Waals surface area (Å²) in [5.41, 5.74) is 2.23. The predicted octanol–water partition coefficient (Wildman–Crippen LogP) is 3.55. The highest BCUT2D eigenvalue weighted by Gasteiger charge is 2.26. The number of carbonyl (C=O) groups is 3. The van der Waals surface area contributed by atoms with Gasteiger partial charge in [0.2, 0.25) is 0 Å². The highest BCUT2D eigenvalue weighted by Crippen LogP contribution is 2.27. The molecule has 2 aliphatic heterocycles. The second-order valence-corrected chi connectivity index (χ2v) is 12.1. The zero-order valence-electron chi connectivity index (χ0n) is 26.9. The van der Waals surface area contributed by atoms with Crippen LogP contribution < -0.4 is 4.90 Å². The lowest BCUT2D eigenvalue weighted by Gasteiger charge is -2.36. The number of piperazine rings is 1. The summed E-state index contributed by atoms with van der Waals surface area (Å²) in [5, 5.41) is 19.3. The summed E-state index contributed by atoms with van der Waals surface area (Å²) >= 11 is 0. The molecule has 0 aromatic heterocycles. The second kappa shape index (κ2) is 18.8. The number of carbonyl (C=O) groups excluding carboxylic acids is 3. The molecule has 1 amide bonds. The second-order valence-electron chi connectivity index (χ2n) is 12.1. The number of hydrogen-bond donors (Lipinski definition) is 2. The quantitative estimate of drug-likeness (QED) is 0.209. The van der Waals surface area contributed by atoms with Gasteiger partial charge in [-0.2, -0.15) is 0 Å². The minimum Gasteiger partial charge on any atom is -0.442 e. The maximum Gasteiger partial charge on any atom is 0.410 e. The number of aliphatic hydroxyl groups is 2. The fourth-order valence-corrected chi connectivity index (χ4v) is 5.77. The van der Waals surface area contributed by atoms with E-state index in [0.29, 0.717) is 57.5 Å². The standard InChI is InChI=1S/C34H50FN3O7/c1-25(5-7-33(26(2)4-6-31(42)8-16-39)45-34(43)38-14-18-44-19-15-38)32(24-41)27(3)20-28-21-29(35)23-30(22-28)37-11-9-36(10-12-37)13-17-40/h5,7,16,20-26,31-33,40,42H,4,6,8-15,17-19H2,1-3H3/b7-5+,27-20+/t25-,26-,31+,32-,33-/m0/s1. The van der Waals surface area contributed by atoms with Crippen molar-refractivity contribution in [2.75, 3.05) is 70.5 Å². The number of hydrogen-bond acceptors (Lipinski definition) is 9. The fraction of sp³-hybridized carbons (Fsp3) is 0.618. The average molecular weight is 632 g/mol. The Kier molecular flexibility index (Phi) is 15.1. The number of β-amino-alcohol motifs (C(OH)–C–C–N with tert-alkyl or cyclic N) is 1. The lowest BCUT2D eigenvalue weighted by molar-refractivity contribution is -0.111. The van der Waals surface area contributed by atoms with Gasteiger partial charge in [-0.25, -0.2) is 9.18 Å². The molecule has 0 radical (unpaired) electrons. The number of anilines is 1. The first kappa shape index (κ1) is 36.3. The number of amides is 1. The van der Waals surface area contributed by atoms with E-state index >= 15 is 0 Å². The van der Waals surface area contributed by atoms with Gasteiger partial charge in [0.1, 0.15) is 24.5 Å². The van der Waals surface area contributed by atoms with Gasteiger partial charge in [-0.05, 0) is 61.4 Å². The van der Waals surface area contributed by atoms with E-state index < -0.39 is 24.2 Å². The van der Waals surface area contributed by atoms with Gasteiger partial charge in [0, 0.05) is 63.8 Å². The van der Waals surface area contributed by atoms with E-state index in [9.17, 15) is 29.0 Å². The summed E-state index contributed by atoms with van der Waals surface area (Å²) < 4.78 is 25.9. The predicted molar refractivity (Wildman–Crippen MR) is 171 cm³/mol. The third kappa shape index (κ3) is 11.6. The summed E-state index contributed by atoms with van der Waals surface area (Å²) in [7, 11) is 0. The summed E-state index contributed by atoms with van der Waals surface area (Å²) in [6.07, 6.45) is 6.26. The van der Waals surface area contributed by atoms with E-state index in [1.807, 2.05) is 39.0 Å². The van der Waals surface area contributed by atoms with Crippen LogP contribution in [0.4, 0.5) is 14.9 Å². The number of morpholine rings is 1. The Bertz CT molecular complexity index is 1150. The molecule has 2 fully saturated rings. The molecule has 2 N–H and O–H groups in total. The van der Waals surface area contributed by atoms with Crippen LogP contribution in [0.2, 0.25) is 0 Å². The number of nitrogens with zero attached hydrogens (tertiary/aromatic N) is 3. The molecule has 11 heteroatoms. The topological polar surface area (TPSA) is 120 Å². The van der Waals surface area contributed by atoms with Crippen molar-refractivity contribution in [2.24, 2.45) is 17.8 Å². The van der Waals surface area contributed by atoms with Crippen molar-refractivity contribution in [3.05, 3.63) is 47.3 Å². The van der Waals surface area contributed by atoms with Crippen LogP contribution in [0, 0.1) is 23.6 Å². The number of aldehydes is 2. The van der Waals surface area contributed by atoms with Crippen molar-refractivity contribution in [3.63, 3.8) is 0 Å². The molecule has 10 nitrogen and oxygen atoms in total. The summed E-state index contributed by atoms with van der Waals surface area (Å²) in [4.78, 5) is 41.9. The lowest BCUT2D eigenvalue weighted by atomic mass is 9.86. The van der Waals surface area contributed by atoms with Crippen LogP contribution in [0.15, 0.2) is 35.9 Å². The molecule has 0 saturated carbocycles. The van der Waals surface area contributed by atoms with Crippen LogP contribution in [-0.2, 0) is 19.1 Å². The molecule has 1 aromatic carbocycles. The maximum absolute atomic E-state index is 14.7. The molecule has 1 aromatic rings. The summed E-state index contributed by atoms with van der Waals surface area (Å²) in [6.45, 7) is 11.3. The molecule has 2 aliphatic rings. The Morgan fingerprint density at radius 3 is 2.40 bits per heavy atom. The van der Waals surface area contributed by atoms with Crippen LogP contribution in [0.1, 0.15) is 45.6 Å². The zero-order valence-corrected chi connectivity index (χ0v) is 26.9. The summed E-state index contributed by atoms with van der Waals surface area (Å²) in [6, 6.07) is 4.91. The molecule has 2 heterocycles. The molecule has 0 spiro atoms. The first-order chi connectivity index (χ1) is 21.6. The number of benzene rings is 1. The molecule has 0 bridgehead atoms. The molecular weight excluding hydrogens is 581 g/mol. The molecule has 0 unspecified atom stereocenters. The Morgan fingerprint density at radius 1 is 1.04 bits per heavy atom. The third-order valence-electron chi connectivity index (χ3n) is 8.69. The first-order valence-corrected chi connectivity index (χ1v) is 16.0. The van der Waals surface area contributed by atoms with Crippen molar-refractivity contribution in [1.82, 2.24) is 9.80 Å². The van der Waals surface area contributed by atoms with Gasteiger partial charge in [-0.3, -0.25) is 4.90 Å². The van der Waals surface area contributed by atoms with E-state index in [2.05, 4.69) is 9.80 Å². The van der Waals surface area contributed by atoms with Crippen molar-refractivity contribution in [3.8, 4) is 0 Å². The van der Waals surface area contributed by atoms with Gasteiger partial charge in [-0.15, -0.1) is 0 Å². The minimum absolute atomic E-state index is 0.0541. The van der Waals surface area contributed by atoms with Gasteiger partial charge in [0.05, 0.1) is 25.9 Å². The minimum atomic E-state index is -0.755. The van der Waals surface area contributed by atoms with Crippen LogP contribution in [-0.4, -0.2) is 117 Å². The largest absolute Gasteiger partial charge is 0.442 e. The zero-order chi connectivity index (χ0) is 32.8. The van der Waals surface area contributed by atoms with E-state index in [4.69, 9.17) is 9.47 Å². The SMILES string of the molecule is C/C(=C\c1cc(F)cc(N2CCN(CCO)CC2)c1)[C@@H](C=O)[C@@H](C)/C=C/[C@H](OC(=O)N1CCOCC1)[C@@H](C)CC[C@@H](O)CC=O. The van der Waals surface area contributed by atoms with Gasteiger partial charge in [0.25, 0.3) is 0 Å². The molecule has 3 rings (SSSR count). The molecule has 5 atom stereocenters. The van der Waals surface area contributed by atoms with Crippen LogP contribution >= 0.6 is 0 Å². The molecule has 45 heavy (non-hydrogen) atoms. The Hall–Kier alpha value is -3.12. The average Bonchev–Trinajstić information content (AvgIpc) is 3.03. The fourth-order valence-electron chi connectivity index (χ4n) is 5.77. The van der Waals surface area contributed by atoms with Crippen LogP contribution in [0.5, 0.6) is 0 Å². The van der Waals surface area contributed by atoms with Gasteiger partial charge >= 0.3 is 6.09 Å². The lowest BCUT2D eigenvalue weighted by Crippen LogP contribution is -2.47. The van der Waals surface area contributed by atoms with Crippen LogP contribution in [0.3, 0.4) is 0 Å². The van der Waals surface area contributed by atoms with E-state index in [0.717, 1.165) is 43.7 Å². The van der Waals surface area contributed by atoms with Crippen molar-refractivity contribution >= 4 is 30.4 Å². The number of allylic oxidation sites excluding steroid dienone is 2. The first-order valence-electron chi connectivity index (χ1n) is 16.0. The molecular formula is C34H50FN3O7. The third-order valence-corrected chi connectivity index (χ3v) is 8.69. The molecule has 250 valence electrons. The van der Waals surface area contributed by atoms with Crippen LogP contribution in [0.25, 0.3) is 6.08 Å². The van der Waals surface area contributed by atoms with Crippen molar-refractivity contribution < 1.29 is 38.5 Å². The van der Waals surface area contributed by atoms with Gasteiger partial charge < -0.3 is 39.1 Å². The van der Waals surface area contributed by atoms with E-state index in [1.165, 1.54) is 12.1 Å². The van der Waals surface area contributed by atoms with E-state index in [-0.39, 0.29) is 30.7 Å².